The zero-order valence-electron chi connectivity index (χ0n) is 8.51. The number of amides is 2. The maximum absolute atomic E-state index is 11.3. The summed E-state index contributed by atoms with van der Waals surface area (Å²) in [6.45, 7) is 0.543. The Morgan fingerprint density at radius 3 is 2.87 bits per heavy atom. The van der Waals surface area contributed by atoms with E-state index in [1.807, 2.05) is 0 Å². The summed E-state index contributed by atoms with van der Waals surface area (Å²) >= 11 is 5.45. The van der Waals surface area contributed by atoms with Crippen molar-refractivity contribution in [1.82, 2.24) is 10.6 Å². The smallest absolute Gasteiger partial charge is 0.235 e. The van der Waals surface area contributed by atoms with Crippen molar-refractivity contribution in [3.63, 3.8) is 0 Å². The maximum Gasteiger partial charge on any atom is 0.235 e. The summed E-state index contributed by atoms with van der Waals surface area (Å²) in [5.74, 6) is -0.0595. The highest BCUT2D eigenvalue weighted by Crippen LogP contribution is 2.47. The number of hydrogen-bond acceptors (Lipinski definition) is 2. The largest absolute Gasteiger partial charge is 0.354 e. The number of alkyl halides is 1. The molecular weight excluding hydrogens is 216 g/mol. The number of hydrogen-bond donors (Lipinski definition) is 2. The van der Waals surface area contributed by atoms with Crippen molar-refractivity contribution < 1.29 is 9.59 Å². The van der Waals surface area contributed by atoms with Crippen molar-refractivity contribution in [1.29, 1.82) is 0 Å². The molecule has 1 aliphatic carbocycles. The Morgan fingerprint density at radius 1 is 1.60 bits per heavy atom. The van der Waals surface area contributed by atoms with Gasteiger partial charge in [-0.05, 0) is 12.8 Å². The van der Waals surface area contributed by atoms with Crippen LogP contribution in [0.1, 0.15) is 25.7 Å². The molecule has 1 atom stereocenters. The van der Waals surface area contributed by atoms with Gasteiger partial charge in [0.1, 0.15) is 5.88 Å². The van der Waals surface area contributed by atoms with Gasteiger partial charge in [-0.3, -0.25) is 9.59 Å². The Balaban J connectivity index is 2.02. The molecule has 0 aromatic heterocycles. The second kappa shape index (κ2) is 4.00. The number of piperidine rings is 1. The van der Waals surface area contributed by atoms with Crippen LogP contribution in [0.4, 0.5) is 0 Å². The predicted molar refractivity (Wildman–Crippen MR) is 56.6 cm³/mol. The molecule has 1 saturated heterocycles. The van der Waals surface area contributed by atoms with E-state index in [-0.39, 0.29) is 29.2 Å². The summed E-state index contributed by atoms with van der Waals surface area (Å²) < 4.78 is 0. The highest BCUT2D eigenvalue weighted by atomic mass is 35.5. The third-order valence-corrected chi connectivity index (χ3v) is 3.80. The predicted octanol–water partition coefficient (Wildman–Crippen LogP) is 0.400. The van der Waals surface area contributed by atoms with Crippen LogP contribution in [0.5, 0.6) is 0 Å². The maximum atomic E-state index is 11.3. The van der Waals surface area contributed by atoms with Gasteiger partial charge in [-0.15, -0.1) is 11.6 Å². The first-order valence-corrected chi connectivity index (χ1v) is 5.82. The van der Waals surface area contributed by atoms with Gasteiger partial charge in [0.15, 0.2) is 0 Å². The quantitative estimate of drug-likeness (QED) is 0.675. The normalized spacial score (nSPS) is 28.1. The Morgan fingerprint density at radius 2 is 2.33 bits per heavy atom. The molecular formula is C10H15ClN2O2. The average molecular weight is 231 g/mol. The van der Waals surface area contributed by atoms with Gasteiger partial charge >= 0.3 is 0 Å². The molecule has 2 N–H and O–H groups in total. The Labute approximate surface area is 93.7 Å². The SMILES string of the molecule is O=C1CC2(CCC2)C(NC(=O)CCl)CN1. The molecule has 0 aromatic rings. The minimum Gasteiger partial charge on any atom is -0.354 e. The van der Waals surface area contributed by atoms with E-state index >= 15 is 0 Å². The molecule has 2 rings (SSSR count). The molecule has 1 spiro atoms. The van der Waals surface area contributed by atoms with Gasteiger partial charge < -0.3 is 10.6 Å². The summed E-state index contributed by atoms with van der Waals surface area (Å²) in [7, 11) is 0. The Kier molecular flexibility index (Phi) is 2.87. The third kappa shape index (κ3) is 1.95. The fourth-order valence-electron chi connectivity index (χ4n) is 2.53. The second-order valence-electron chi connectivity index (χ2n) is 4.45. The van der Waals surface area contributed by atoms with Crippen LogP contribution in [0.25, 0.3) is 0 Å². The lowest BCUT2D eigenvalue weighted by Crippen LogP contribution is -2.61. The minimum absolute atomic E-state index is 0.0134. The summed E-state index contributed by atoms with van der Waals surface area (Å²) in [4.78, 5) is 22.6. The van der Waals surface area contributed by atoms with Gasteiger partial charge in [0.2, 0.25) is 11.8 Å². The van der Waals surface area contributed by atoms with Crippen LogP contribution in [0, 0.1) is 5.41 Å². The van der Waals surface area contributed by atoms with Crippen LogP contribution in [0.15, 0.2) is 0 Å². The van der Waals surface area contributed by atoms with E-state index in [9.17, 15) is 9.59 Å². The second-order valence-corrected chi connectivity index (χ2v) is 4.72. The molecule has 0 aromatic carbocycles. The van der Waals surface area contributed by atoms with E-state index < -0.39 is 0 Å². The number of carbonyl (C=O) groups is 2. The monoisotopic (exact) mass is 230 g/mol. The van der Waals surface area contributed by atoms with Crippen LogP contribution in [0.2, 0.25) is 0 Å². The van der Waals surface area contributed by atoms with Crippen molar-refractivity contribution in [2.45, 2.75) is 31.7 Å². The third-order valence-electron chi connectivity index (χ3n) is 3.56. The van der Waals surface area contributed by atoms with E-state index in [0.717, 1.165) is 19.3 Å². The van der Waals surface area contributed by atoms with E-state index in [0.29, 0.717) is 13.0 Å². The highest BCUT2D eigenvalue weighted by molar-refractivity contribution is 6.27. The molecule has 2 amide bonds. The molecule has 15 heavy (non-hydrogen) atoms. The van der Waals surface area contributed by atoms with Crippen LogP contribution >= 0.6 is 11.6 Å². The van der Waals surface area contributed by atoms with E-state index in [4.69, 9.17) is 11.6 Å². The van der Waals surface area contributed by atoms with Gasteiger partial charge in [-0.25, -0.2) is 0 Å². The van der Waals surface area contributed by atoms with Crippen molar-refractivity contribution in [3.8, 4) is 0 Å². The van der Waals surface area contributed by atoms with Gasteiger partial charge in [0.05, 0.1) is 6.04 Å². The average Bonchev–Trinajstić information content (AvgIpc) is 2.18. The first kappa shape index (κ1) is 10.7. The van der Waals surface area contributed by atoms with Gasteiger partial charge in [0.25, 0.3) is 0 Å². The molecule has 4 nitrogen and oxygen atoms in total. The summed E-state index contributed by atoms with van der Waals surface area (Å²) in [5.41, 5.74) is 0.0179. The lowest BCUT2D eigenvalue weighted by Gasteiger charge is -2.50. The Hall–Kier alpha value is -0.770. The Bertz CT molecular complexity index is 289. The summed E-state index contributed by atoms with van der Waals surface area (Å²) in [6.07, 6.45) is 3.77. The van der Waals surface area contributed by atoms with Gasteiger partial charge in [0, 0.05) is 18.4 Å². The number of rotatable bonds is 2. The van der Waals surface area contributed by atoms with Crippen molar-refractivity contribution in [3.05, 3.63) is 0 Å². The fourth-order valence-corrected chi connectivity index (χ4v) is 2.61. The molecule has 2 fully saturated rings. The van der Waals surface area contributed by atoms with E-state index in [2.05, 4.69) is 10.6 Å². The standard InChI is InChI=1S/C10H15ClN2O2/c11-5-9(15)13-7-6-12-8(14)4-10(7)2-1-3-10/h7H,1-6H2,(H,12,14)(H,13,15). The zero-order chi connectivity index (χ0) is 10.9. The topological polar surface area (TPSA) is 58.2 Å². The zero-order valence-corrected chi connectivity index (χ0v) is 9.27. The van der Waals surface area contributed by atoms with Crippen molar-refractivity contribution in [2.24, 2.45) is 5.41 Å². The lowest BCUT2D eigenvalue weighted by atomic mass is 9.60. The molecule has 1 unspecified atom stereocenters. The van der Waals surface area contributed by atoms with Crippen LogP contribution < -0.4 is 10.6 Å². The summed E-state index contributed by atoms with van der Waals surface area (Å²) in [6, 6.07) is 0.0650. The van der Waals surface area contributed by atoms with Gasteiger partial charge in [-0.1, -0.05) is 6.42 Å². The number of halogens is 1. The highest BCUT2D eigenvalue weighted by Gasteiger charge is 2.48. The fraction of sp³-hybridized carbons (Fsp3) is 0.800. The van der Waals surface area contributed by atoms with Gasteiger partial charge in [-0.2, -0.15) is 0 Å². The molecule has 84 valence electrons. The number of carbonyl (C=O) groups excluding carboxylic acids is 2. The van der Waals surface area contributed by atoms with E-state index in [1.54, 1.807) is 0 Å². The van der Waals surface area contributed by atoms with Crippen molar-refractivity contribution >= 4 is 23.4 Å². The molecule has 0 bridgehead atoms. The van der Waals surface area contributed by atoms with E-state index in [1.165, 1.54) is 0 Å². The molecule has 0 radical (unpaired) electrons. The molecule has 1 aliphatic heterocycles. The summed E-state index contributed by atoms with van der Waals surface area (Å²) in [5, 5.41) is 5.68. The minimum atomic E-state index is -0.149. The molecule has 5 heteroatoms. The lowest BCUT2D eigenvalue weighted by molar-refractivity contribution is -0.132. The molecule has 2 aliphatic rings. The van der Waals surface area contributed by atoms with Crippen LogP contribution in [-0.2, 0) is 9.59 Å². The molecule has 1 heterocycles. The molecule has 1 saturated carbocycles. The number of nitrogens with one attached hydrogen (secondary N) is 2. The van der Waals surface area contributed by atoms with Crippen molar-refractivity contribution in [2.75, 3.05) is 12.4 Å². The van der Waals surface area contributed by atoms with Crippen LogP contribution in [0.3, 0.4) is 0 Å². The first-order valence-electron chi connectivity index (χ1n) is 5.28. The van der Waals surface area contributed by atoms with Crippen LogP contribution in [-0.4, -0.2) is 30.3 Å². The first-order chi connectivity index (χ1) is 7.16.